The van der Waals surface area contributed by atoms with Crippen molar-refractivity contribution in [3.63, 3.8) is 0 Å². The van der Waals surface area contributed by atoms with E-state index in [1.54, 1.807) is 6.07 Å². The molecule has 1 aliphatic heterocycles. The number of carbonyl (C=O) groups excluding carboxylic acids is 1. The second-order valence-corrected chi connectivity index (χ2v) is 9.63. The Kier molecular flexibility index (Phi) is 6.00. The highest BCUT2D eigenvalue weighted by atomic mass is 35.5. The molecule has 1 aliphatic rings. The molecule has 2 aromatic carbocycles. The molecule has 34 heavy (non-hydrogen) atoms. The number of carbonyl (C=O) groups is 1. The molecular weight excluding hydrogens is 469 g/mol. The number of benzene rings is 2. The van der Waals surface area contributed by atoms with Gasteiger partial charge in [-0.3, -0.25) is 4.79 Å². The van der Waals surface area contributed by atoms with Crippen molar-refractivity contribution in [3.8, 4) is 16.9 Å². The molecule has 0 aliphatic carbocycles. The highest BCUT2D eigenvalue weighted by Crippen LogP contribution is 2.39. The van der Waals surface area contributed by atoms with Crippen LogP contribution in [0.15, 0.2) is 54.6 Å². The fourth-order valence-electron chi connectivity index (χ4n) is 4.75. The minimum atomic E-state index is -0.122. The van der Waals surface area contributed by atoms with E-state index < -0.39 is 0 Å². The van der Waals surface area contributed by atoms with Gasteiger partial charge in [0.25, 0.3) is 5.91 Å². The Labute approximate surface area is 208 Å². The van der Waals surface area contributed by atoms with Gasteiger partial charge in [0, 0.05) is 23.1 Å². The van der Waals surface area contributed by atoms with Crippen molar-refractivity contribution in [2.45, 2.75) is 39.2 Å². The summed E-state index contributed by atoms with van der Waals surface area (Å²) >= 11 is 12.8. The number of hydrogen-bond donors (Lipinski definition) is 1. The van der Waals surface area contributed by atoms with Gasteiger partial charge in [0.05, 0.1) is 45.2 Å². The van der Waals surface area contributed by atoms with Gasteiger partial charge < -0.3 is 10.1 Å². The third-order valence-corrected chi connectivity index (χ3v) is 7.10. The molecule has 0 spiro atoms. The van der Waals surface area contributed by atoms with E-state index in [0.29, 0.717) is 22.2 Å². The number of fused-ring (bicyclic) bond motifs is 2. The first-order valence-electron chi connectivity index (χ1n) is 11.4. The minimum absolute atomic E-state index is 0.0633. The lowest BCUT2D eigenvalue weighted by Gasteiger charge is -2.27. The molecule has 3 heterocycles. The number of pyridine rings is 1. The van der Waals surface area contributed by atoms with Crippen LogP contribution in [-0.2, 0) is 0 Å². The Balaban J connectivity index is 1.59. The Morgan fingerprint density at radius 3 is 2.71 bits per heavy atom. The highest BCUT2D eigenvalue weighted by molar-refractivity contribution is 6.43. The quantitative estimate of drug-likeness (QED) is 0.333. The van der Waals surface area contributed by atoms with Crippen LogP contribution in [-0.4, -0.2) is 22.1 Å². The van der Waals surface area contributed by atoms with Crippen molar-refractivity contribution in [3.05, 3.63) is 87.2 Å². The van der Waals surface area contributed by atoms with Crippen LogP contribution in [0.2, 0.25) is 10.0 Å². The van der Waals surface area contributed by atoms with Crippen LogP contribution in [0.5, 0.6) is 5.75 Å². The van der Waals surface area contributed by atoms with E-state index in [9.17, 15) is 4.79 Å². The van der Waals surface area contributed by atoms with Gasteiger partial charge in [-0.1, -0.05) is 67.4 Å². The molecule has 0 saturated carbocycles. The van der Waals surface area contributed by atoms with Crippen molar-refractivity contribution in [2.75, 3.05) is 6.61 Å². The van der Waals surface area contributed by atoms with Crippen molar-refractivity contribution in [2.24, 2.45) is 0 Å². The van der Waals surface area contributed by atoms with Gasteiger partial charge in [0.2, 0.25) is 0 Å². The Hall–Kier alpha value is -3.02. The highest BCUT2D eigenvalue weighted by Gasteiger charge is 2.27. The molecule has 0 bridgehead atoms. The maximum absolute atomic E-state index is 13.5. The first-order chi connectivity index (χ1) is 16.4. The summed E-state index contributed by atoms with van der Waals surface area (Å²) in [5, 5.41) is 9.03. The monoisotopic (exact) mass is 493 g/mol. The number of para-hydroxylation sites is 1. The SMILES string of the molecule is Cc1nn2c(C(C)C)c(C(=O)N[C@H]3CCOc4ccccc43)ccc2c1-c1cccc(Cl)c1Cl. The molecule has 0 saturated heterocycles. The summed E-state index contributed by atoms with van der Waals surface area (Å²) in [6, 6.07) is 17.2. The maximum atomic E-state index is 13.5. The summed E-state index contributed by atoms with van der Waals surface area (Å²) in [4.78, 5) is 13.5. The number of ether oxygens (including phenoxy) is 1. The van der Waals surface area contributed by atoms with E-state index in [1.807, 2.05) is 60.0 Å². The molecule has 2 aromatic heterocycles. The van der Waals surface area contributed by atoms with E-state index in [0.717, 1.165) is 45.8 Å². The molecule has 1 amide bonds. The fraction of sp³-hybridized carbons (Fsp3) is 0.259. The molecule has 1 atom stereocenters. The summed E-state index contributed by atoms with van der Waals surface area (Å²) in [5.74, 6) is 0.764. The van der Waals surface area contributed by atoms with E-state index >= 15 is 0 Å². The zero-order valence-corrected chi connectivity index (χ0v) is 20.7. The summed E-state index contributed by atoms with van der Waals surface area (Å²) < 4.78 is 7.63. The number of aryl methyl sites for hydroxylation is 1. The fourth-order valence-corrected chi connectivity index (χ4v) is 5.14. The van der Waals surface area contributed by atoms with E-state index in [4.69, 9.17) is 33.0 Å². The second-order valence-electron chi connectivity index (χ2n) is 8.85. The molecule has 4 aromatic rings. The van der Waals surface area contributed by atoms with Gasteiger partial charge in [-0.25, -0.2) is 4.52 Å². The van der Waals surface area contributed by atoms with Gasteiger partial charge in [-0.05, 0) is 37.1 Å². The number of hydrogen-bond acceptors (Lipinski definition) is 3. The molecule has 1 N–H and O–H groups in total. The van der Waals surface area contributed by atoms with Gasteiger partial charge in [0.1, 0.15) is 5.75 Å². The average molecular weight is 494 g/mol. The van der Waals surface area contributed by atoms with Gasteiger partial charge >= 0.3 is 0 Å². The maximum Gasteiger partial charge on any atom is 0.253 e. The number of rotatable bonds is 4. The van der Waals surface area contributed by atoms with Crippen molar-refractivity contribution in [1.29, 1.82) is 0 Å². The molecular formula is C27H25Cl2N3O2. The zero-order valence-electron chi connectivity index (χ0n) is 19.2. The van der Waals surface area contributed by atoms with Gasteiger partial charge in [-0.2, -0.15) is 5.10 Å². The number of aromatic nitrogens is 2. The third kappa shape index (κ3) is 3.83. The summed E-state index contributed by atoms with van der Waals surface area (Å²) in [5.41, 5.74) is 5.91. The number of amides is 1. The van der Waals surface area contributed by atoms with Crippen LogP contribution in [0.3, 0.4) is 0 Å². The molecule has 5 rings (SSSR count). The smallest absolute Gasteiger partial charge is 0.253 e. The predicted octanol–water partition coefficient (Wildman–Crippen LogP) is 6.99. The van der Waals surface area contributed by atoms with E-state index in [1.165, 1.54) is 0 Å². The van der Waals surface area contributed by atoms with Crippen molar-refractivity contribution >= 4 is 34.6 Å². The molecule has 0 radical (unpaired) electrons. The standard InChI is InChI=1S/C27H25Cl2N3O2/c1-15(2)26-19(27(33)30-21-13-14-34-23-10-5-4-7-17(21)23)11-12-22-24(16(3)31-32(22)26)18-8-6-9-20(28)25(18)29/h4-12,15,21H,13-14H2,1-3H3,(H,30,33)/t21-/m0/s1. The lowest BCUT2D eigenvalue weighted by molar-refractivity contribution is 0.0922. The minimum Gasteiger partial charge on any atom is -0.493 e. The van der Waals surface area contributed by atoms with Crippen LogP contribution < -0.4 is 10.1 Å². The number of nitrogens with zero attached hydrogens (tertiary/aromatic N) is 2. The van der Waals surface area contributed by atoms with Gasteiger partial charge in [-0.15, -0.1) is 0 Å². The Bertz CT molecular complexity index is 1410. The Morgan fingerprint density at radius 1 is 1.12 bits per heavy atom. The van der Waals surface area contributed by atoms with E-state index in [2.05, 4.69) is 19.2 Å². The molecule has 0 unspecified atom stereocenters. The topological polar surface area (TPSA) is 55.6 Å². The first kappa shape index (κ1) is 22.8. The lowest BCUT2D eigenvalue weighted by atomic mass is 9.98. The average Bonchev–Trinajstić information content (AvgIpc) is 3.15. The third-order valence-electron chi connectivity index (χ3n) is 6.28. The number of halogens is 2. The predicted molar refractivity (Wildman–Crippen MR) is 136 cm³/mol. The lowest BCUT2D eigenvalue weighted by Crippen LogP contribution is -2.33. The largest absolute Gasteiger partial charge is 0.493 e. The zero-order chi connectivity index (χ0) is 24.0. The second kappa shape index (κ2) is 8.97. The summed E-state index contributed by atoms with van der Waals surface area (Å²) in [7, 11) is 0. The van der Waals surface area contributed by atoms with Crippen molar-refractivity contribution < 1.29 is 9.53 Å². The van der Waals surface area contributed by atoms with E-state index in [-0.39, 0.29) is 17.9 Å². The van der Waals surface area contributed by atoms with Crippen molar-refractivity contribution in [1.82, 2.24) is 14.9 Å². The normalized spacial score (nSPS) is 15.3. The Morgan fingerprint density at radius 2 is 1.91 bits per heavy atom. The molecule has 5 nitrogen and oxygen atoms in total. The van der Waals surface area contributed by atoms with Crippen LogP contribution in [0.25, 0.3) is 16.6 Å². The molecule has 174 valence electrons. The number of nitrogens with one attached hydrogen (secondary N) is 1. The van der Waals surface area contributed by atoms with Gasteiger partial charge in [0.15, 0.2) is 0 Å². The summed E-state index contributed by atoms with van der Waals surface area (Å²) in [6.45, 7) is 6.65. The van der Waals surface area contributed by atoms with Crippen LogP contribution in [0, 0.1) is 6.92 Å². The first-order valence-corrected chi connectivity index (χ1v) is 12.1. The molecule has 0 fully saturated rings. The van der Waals surface area contributed by atoms with Crippen LogP contribution >= 0.6 is 23.2 Å². The molecule has 7 heteroatoms. The summed E-state index contributed by atoms with van der Waals surface area (Å²) in [6.07, 6.45) is 0.723. The van der Waals surface area contributed by atoms with Crippen LogP contribution in [0.1, 0.15) is 59.5 Å². The van der Waals surface area contributed by atoms with Crippen LogP contribution in [0.4, 0.5) is 0 Å².